The van der Waals surface area contributed by atoms with E-state index in [1.807, 2.05) is 31.2 Å². The van der Waals surface area contributed by atoms with Crippen molar-refractivity contribution in [3.63, 3.8) is 0 Å². The molecule has 1 unspecified atom stereocenters. The van der Waals surface area contributed by atoms with E-state index in [0.717, 1.165) is 24.5 Å². The van der Waals surface area contributed by atoms with Crippen molar-refractivity contribution in [2.24, 2.45) is 0 Å². The van der Waals surface area contributed by atoms with Crippen LogP contribution in [0.5, 0.6) is 0 Å². The molecule has 6 nitrogen and oxygen atoms in total. The summed E-state index contributed by atoms with van der Waals surface area (Å²) in [4.78, 5) is 20.8. The van der Waals surface area contributed by atoms with Gasteiger partial charge in [0, 0.05) is 28.2 Å². The van der Waals surface area contributed by atoms with Crippen molar-refractivity contribution in [2.45, 2.75) is 44.9 Å². The lowest BCUT2D eigenvalue weighted by Crippen LogP contribution is -2.49. The molecular weight excluding hydrogens is 441 g/mol. The van der Waals surface area contributed by atoms with E-state index in [9.17, 15) is 27.4 Å². The molecule has 1 aliphatic carbocycles. The maximum Gasteiger partial charge on any atom is 0.417 e. The zero-order valence-corrected chi connectivity index (χ0v) is 18.3. The first-order valence-corrected chi connectivity index (χ1v) is 11.6. The van der Waals surface area contributed by atoms with E-state index < -0.39 is 34.1 Å². The maximum atomic E-state index is 13.7. The van der Waals surface area contributed by atoms with Crippen LogP contribution < -0.4 is 9.80 Å². The molecule has 4 rings (SSSR count). The van der Waals surface area contributed by atoms with Gasteiger partial charge < -0.3 is 9.80 Å². The van der Waals surface area contributed by atoms with Gasteiger partial charge in [0.1, 0.15) is 23.5 Å². The molecule has 32 heavy (non-hydrogen) atoms. The van der Waals surface area contributed by atoms with E-state index in [1.165, 1.54) is 11.8 Å². The van der Waals surface area contributed by atoms with Crippen molar-refractivity contribution >= 4 is 28.2 Å². The van der Waals surface area contributed by atoms with Gasteiger partial charge in [0.15, 0.2) is 0 Å². The minimum atomic E-state index is -4.76. The van der Waals surface area contributed by atoms with Crippen molar-refractivity contribution in [3.8, 4) is 6.07 Å². The maximum absolute atomic E-state index is 13.7. The molecule has 2 atom stereocenters. The number of aromatic nitrogens is 1. The van der Waals surface area contributed by atoms with Crippen LogP contribution in [0.2, 0.25) is 0 Å². The number of rotatable bonds is 4. The number of aryl methyl sites for hydroxylation is 2. The first kappa shape index (κ1) is 22.3. The molecular formula is C22H21F3N4O2S. The molecule has 0 bridgehead atoms. The van der Waals surface area contributed by atoms with Gasteiger partial charge in [-0.25, -0.2) is 4.98 Å². The molecule has 2 heterocycles. The Bertz CT molecular complexity index is 1140. The van der Waals surface area contributed by atoms with Gasteiger partial charge in [-0.05, 0) is 50.5 Å². The van der Waals surface area contributed by atoms with E-state index in [0.29, 0.717) is 5.69 Å². The van der Waals surface area contributed by atoms with Crippen LogP contribution in [0.4, 0.5) is 24.7 Å². The highest BCUT2D eigenvalue weighted by atomic mass is 32.2. The van der Waals surface area contributed by atoms with Gasteiger partial charge in [0.05, 0.1) is 17.2 Å². The van der Waals surface area contributed by atoms with E-state index in [2.05, 4.69) is 4.98 Å². The van der Waals surface area contributed by atoms with Crippen LogP contribution in [-0.4, -0.2) is 38.8 Å². The van der Waals surface area contributed by atoms with Crippen LogP contribution in [0.1, 0.15) is 35.2 Å². The molecule has 0 spiro atoms. The number of amides is 1. The Morgan fingerprint density at radius 1 is 1.28 bits per heavy atom. The van der Waals surface area contributed by atoms with Crippen LogP contribution in [0.25, 0.3) is 0 Å². The topological polar surface area (TPSA) is 77.3 Å². The van der Waals surface area contributed by atoms with Crippen LogP contribution in [0.15, 0.2) is 30.3 Å². The first-order valence-electron chi connectivity index (χ1n) is 10.1. The summed E-state index contributed by atoms with van der Waals surface area (Å²) in [5, 5.41) is 9.53. The number of hydrogen-bond donors (Lipinski definition) is 0. The van der Waals surface area contributed by atoms with Gasteiger partial charge >= 0.3 is 6.18 Å². The SMILES string of the molecule is Cc1cccc(N(C(=O)[C@H]2CS(=O)CN2c2nc(C)cc(C(F)(F)F)c2C#N)C2CC2)c1. The molecule has 0 N–H and O–H groups in total. The highest BCUT2D eigenvalue weighted by Crippen LogP contribution is 2.38. The summed E-state index contributed by atoms with van der Waals surface area (Å²) in [5.74, 6) is -0.783. The number of halogens is 3. The number of hydrogen-bond acceptors (Lipinski definition) is 5. The number of nitriles is 1. The predicted molar refractivity (Wildman–Crippen MR) is 115 cm³/mol. The molecule has 10 heteroatoms. The summed E-state index contributed by atoms with van der Waals surface area (Å²) < 4.78 is 53.2. The Hall–Kier alpha value is -2.93. The smallest absolute Gasteiger partial charge is 0.331 e. The van der Waals surface area contributed by atoms with Crippen LogP contribution >= 0.6 is 0 Å². The lowest BCUT2D eigenvalue weighted by Gasteiger charge is -2.31. The van der Waals surface area contributed by atoms with Crippen molar-refractivity contribution in [3.05, 3.63) is 52.7 Å². The lowest BCUT2D eigenvalue weighted by molar-refractivity contribution is -0.137. The monoisotopic (exact) mass is 462 g/mol. The number of nitrogens with zero attached hydrogens (tertiary/aromatic N) is 4. The largest absolute Gasteiger partial charge is 0.417 e. The molecule has 168 valence electrons. The Morgan fingerprint density at radius 2 is 2.00 bits per heavy atom. The molecule has 1 saturated heterocycles. The van der Waals surface area contributed by atoms with Crippen molar-refractivity contribution < 1.29 is 22.2 Å². The fourth-order valence-electron chi connectivity index (χ4n) is 3.96. The van der Waals surface area contributed by atoms with Gasteiger partial charge in [0.2, 0.25) is 0 Å². The van der Waals surface area contributed by atoms with Gasteiger partial charge in [-0.3, -0.25) is 9.00 Å². The van der Waals surface area contributed by atoms with Gasteiger partial charge in [-0.15, -0.1) is 0 Å². The zero-order chi connectivity index (χ0) is 23.2. The van der Waals surface area contributed by atoms with Crippen molar-refractivity contribution in [1.29, 1.82) is 5.26 Å². The summed E-state index contributed by atoms with van der Waals surface area (Å²) in [7, 11) is -1.47. The fourth-order valence-corrected chi connectivity index (χ4v) is 5.36. The summed E-state index contributed by atoms with van der Waals surface area (Å²) in [6.07, 6.45) is -3.12. The average molecular weight is 462 g/mol. The number of anilines is 2. The minimum absolute atomic E-state index is 0.00757. The number of alkyl halides is 3. The molecule has 2 fully saturated rings. The minimum Gasteiger partial charge on any atom is -0.331 e. The number of benzene rings is 1. The molecule has 2 aromatic rings. The Kier molecular flexibility index (Phi) is 5.71. The van der Waals surface area contributed by atoms with Gasteiger partial charge in [-0.2, -0.15) is 18.4 Å². The van der Waals surface area contributed by atoms with Crippen molar-refractivity contribution in [2.75, 3.05) is 21.4 Å². The van der Waals surface area contributed by atoms with E-state index in [1.54, 1.807) is 11.0 Å². The normalized spacial score (nSPS) is 20.8. The molecule has 1 aromatic carbocycles. The molecule has 2 aliphatic rings. The fraction of sp³-hybridized carbons (Fsp3) is 0.409. The molecule has 1 saturated carbocycles. The third-order valence-electron chi connectivity index (χ3n) is 5.54. The Morgan fingerprint density at radius 3 is 2.59 bits per heavy atom. The first-order chi connectivity index (χ1) is 15.1. The summed E-state index contributed by atoms with van der Waals surface area (Å²) in [6, 6.07) is 8.87. The van der Waals surface area contributed by atoms with Gasteiger partial charge in [-0.1, -0.05) is 12.1 Å². The second kappa shape index (κ2) is 8.20. The zero-order valence-electron chi connectivity index (χ0n) is 17.5. The second-order valence-electron chi connectivity index (χ2n) is 8.12. The van der Waals surface area contributed by atoms with E-state index in [-0.39, 0.29) is 35.1 Å². The number of carbonyl (C=O) groups is 1. The highest BCUT2D eigenvalue weighted by molar-refractivity contribution is 7.85. The second-order valence-corrected chi connectivity index (χ2v) is 9.59. The molecule has 1 aromatic heterocycles. The summed E-state index contributed by atoms with van der Waals surface area (Å²) >= 11 is 0. The lowest BCUT2D eigenvalue weighted by atomic mass is 10.1. The standard InChI is InChI=1S/C22H21F3N4O2S/c1-13-4-3-5-16(8-13)29(15-6-7-15)21(30)19-11-32(31)12-28(19)20-17(10-26)18(22(23,24)25)9-14(2)27-20/h3-5,8-9,15,19H,6-7,11-12H2,1-2H3/t19-,32?/m1/s1. The predicted octanol–water partition coefficient (Wildman–Crippen LogP) is 3.68. The molecule has 1 amide bonds. The van der Waals surface area contributed by atoms with Crippen molar-refractivity contribution in [1.82, 2.24) is 4.98 Å². The van der Waals surface area contributed by atoms with Crippen LogP contribution in [-0.2, 0) is 21.8 Å². The Labute approximate surface area is 186 Å². The number of carbonyl (C=O) groups excluding carboxylic acids is 1. The molecule has 0 radical (unpaired) electrons. The van der Waals surface area contributed by atoms with Gasteiger partial charge in [0.25, 0.3) is 5.91 Å². The summed E-state index contributed by atoms with van der Waals surface area (Å²) in [5.41, 5.74) is -0.0380. The third-order valence-corrected chi connectivity index (χ3v) is 6.79. The van der Waals surface area contributed by atoms with Crippen LogP contribution in [0.3, 0.4) is 0 Å². The number of pyridine rings is 1. The Balaban J connectivity index is 1.78. The quantitative estimate of drug-likeness (QED) is 0.693. The average Bonchev–Trinajstić information content (AvgIpc) is 3.47. The van der Waals surface area contributed by atoms with Crippen LogP contribution in [0, 0.1) is 25.2 Å². The van der Waals surface area contributed by atoms with E-state index >= 15 is 0 Å². The molecule has 1 aliphatic heterocycles. The highest BCUT2D eigenvalue weighted by Gasteiger charge is 2.45. The van der Waals surface area contributed by atoms with E-state index in [4.69, 9.17) is 0 Å². The third kappa shape index (κ3) is 4.21. The summed E-state index contributed by atoms with van der Waals surface area (Å²) in [6.45, 7) is 3.30.